The Labute approximate surface area is 127 Å². The molecular formula is C13H14ClNO3S2. The smallest absolute Gasteiger partial charge is 0.250 e. The van der Waals surface area contributed by atoms with Gasteiger partial charge in [0.25, 0.3) is 0 Å². The number of rotatable bonds is 5. The number of thiophene rings is 1. The monoisotopic (exact) mass is 331 g/mol. The minimum absolute atomic E-state index is 0.190. The zero-order valence-electron chi connectivity index (χ0n) is 11.0. The second kappa shape index (κ2) is 6.13. The Morgan fingerprint density at radius 2 is 2.15 bits per heavy atom. The Kier molecular flexibility index (Phi) is 4.70. The lowest BCUT2D eigenvalue weighted by Gasteiger charge is -2.11. The first-order valence-electron chi connectivity index (χ1n) is 5.80. The summed E-state index contributed by atoms with van der Waals surface area (Å²) in [5.74, 6) is 0.578. The Morgan fingerprint density at radius 3 is 2.75 bits per heavy atom. The Balaban J connectivity index is 2.18. The zero-order valence-corrected chi connectivity index (χ0v) is 13.4. The fourth-order valence-electron chi connectivity index (χ4n) is 1.70. The van der Waals surface area contributed by atoms with Crippen LogP contribution in [0.2, 0.25) is 5.02 Å². The molecule has 1 N–H and O–H groups in total. The highest BCUT2D eigenvalue weighted by Gasteiger charge is 2.15. The van der Waals surface area contributed by atoms with Crippen LogP contribution in [0.1, 0.15) is 11.1 Å². The van der Waals surface area contributed by atoms with E-state index in [1.165, 1.54) is 11.3 Å². The molecule has 1 aromatic carbocycles. The molecule has 0 saturated heterocycles. The topological polar surface area (TPSA) is 55.4 Å². The lowest BCUT2D eigenvalue weighted by molar-refractivity contribution is 0.414. The van der Waals surface area contributed by atoms with Gasteiger partial charge in [0.2, 0.25) is 10.0 Å². The summed E-state index contributed by atoms with van der Waals surface area (Å²) >= 11 is 7.23. The van der Waals surface area contributed by atoms with E-state index in [2.05, 4.69) is 4.72 Å². The number of ether oxygens (including phenoxy) is 1. The first-order chi connectivity index (χ1) is 9.44. The third-order valence-electron chi connectivity index (χ3n) is 2.82. The fourth-order valence-corrected chi connectivity index (χ4v) is 4.01. The van der Waals surface area contributed by atoms with Crippen molar-refractivity contribution in [3.8, 4) is 5.75 Å². The largest absolute Gasteiger partial charge is 0.495 e. The molecule has 0 saturated carbocycles. The molecule has 1 heterocycles. The molecule has 2 rings (SSSR count). The molecule has 4 nitrogen and oxygen atoms in total. The van der Waals surface area contributed by atoms with Crippen LogP contribution in [0.25, 0.3) is 0 Å². The minimum Gasteiger partial charge on any atom is -0.495 e. The van der Waals surface area contributed by atoms with Gasteiger partial charge >= 0.3 is 0 Å². The van der Waals surface area contributed by atoms with Crippen molar-refractivity contribution < 1.29 is 13.2 Å². The van der Waals surface area contributed by atoms with Crippen LogP contribution in [0, 0.1) is 6.92 Å². The number of aryl methyl sites for hydroxylation is 1. The normalized spacial score (nSPS) is 11.6. The maximum absolute atomic E-state index is 12.0. The Hall–Kier alpha value is -1.08. The molecule has 0 spiro atoms. The first-order valence-corrected chi connectivity index (χ1v) is 8.54. The molecule has 108 valence electrons. The van der Waals surface area contributed by atoms with Crippen LogP contribution in [0.3, 0.4) is 0 Å². The highest BCUT2D eigenvalue weighted by atomic mass is 35.5. The van der Waals surface area contributed by atoms with E-state index < -0.39 is 10.0 Å². The molecule has 2 aromatic rings. The molecule has 7 heteroatoms. The quantitative estimate of drug-likeness (QED) is 0.915. The van der Waals surface area contributed by atoms with Gasteiger partial charge < -0.3 is 4.74 Å². The zero-order chi connectivity index (χ0) is 14.8. The molecule has 20 heavy (non-hydrogen) atoms. The summed E-state index contributed by atoms with van der Waals surface area (Å²) in [6.45, 7) is 2.07. The number of hydrogen-bond donors (Lipinski definition) is 1. The van der Waals surface area contributed by atoms with E-state index in [9.17, 15) is 8.42 Å². The van der Waals surface area contributed by atoms with E-state index in [0.717, 1.165) is 11.1 Å². The Morgan fingerprint density at radius 1 is 1.40 bits per heavy atom. The van der Waals surface area contributed by atoms with Crippen molar-refractivity contribution in [1.29, 1.82) is 0 Å². The third-order valence-corrected chi connectivity index (χ3v) is 5.92. The van der Waals surface area contributed by atoms with Crippen LogP contribution in [-0.2, 0) is 16.6 Å². The lowest BCUT2D eigenvalue weighted by atomic mass is 10.1. The summed E-state index contributed by atoms with van der Waals surface area (Å²) in [4.78, 5) is 0. The second-order valence-electron chi connectivity index (χ2n) is 4.17. The summed E-state index contributed by atoms with van der Waals surface area (Å²) in [6, 6.07) is 6.78. The van der Waals surface area contributed by atoms with Crippen molar-refractivity contribution in [2.45, 2.75) is 17.7 Å². The predicted octanol–water partition coefficient (Wildman–Crippen LogP) is 3.20. The number of hydrogen-bond acceptors (Lipinski definition) is 4. The van der Waals surface area contributed by atoms with Gasteiger partial charge in [-0.3, -0.25) is 0 Å². The predicted molar refractivity (Wildman–Crippen MR) is 81.1 cm³/mol. The second-order valence-corrected chi connectivity index (χ2v) is 7.52. The van der Waals surface area contributed by atoms with Crippen LogP contribution in [0.4, 0.5) is 0 Å². The van der Waals surface area contributed by atoms with Gasteiger partial charge in [-0.2, -0.15) is 0 Å². The SMILES string of the molecule is COc1cc(C)c(CNS(=O)(=O)c2cccs2)cc1Cl. The van der Waals surface area contributed by atoms with Gasteiger partial charge in [-0.15, -0.1) is 11.3 Å². The van der Waals surface area contributed by atoms with Crippen molar-refractivity contribution in [3.63, 3.8) is 0 Å². The van der Waals surface area contributed by atoms with Crippen molar-refractivity contribution in [2.24, 2.45) is 0 Å². The molecule has 0 fully saturated rings. The molecule has 0 aliphatic carbocycles. The van der Waals surface area contributed by atoms with Crippen molar-refractivity contribution in [1.82, 2.24) is 4.72 Å². The minimum atomic E-state index is -3.47. The van der Waals surface area contributed by atoms with Crippen molar-refractivity contribution >= 4 is 33.0 Å². The van der Waals surface area contributed by atoms with E-state index >= 15 is 0 Å². The van der Waals surface area contributed by atoms with Gasteiger partial charge in [-0.25, -0.2) is 13.1 Å². The number of nitrogens with one attached hydrogen (secondary N) is 1. The van der Waals surface area contributed by atoms with Crippen LogP contribution in [0.5, 0.6) is 5.75 Å². The van der Waals surface area contributed by atoms with Crippen LogP contribution >= 0.6 is 22.9 Å². The summed E-state index contributed by atoms with van der Waals surface area (Å²) in [5, 5.41) is 2.19. The number of sulfonamides is 1. The lowest BCUT2D eigenvalue weighted by Crippen LogP contribution is -2.22. The number of halogens is 1. The third kappa shape index (κ3) is 3.32. The molecule has 1 aromatic heterocycles. The number of methoxy groups -OCH3 is 1. The number of benzene rings is 1. The Bertz CT molecular complexity index is 697. The maximum Gasteiger partial charge on any atom is 0.250 e. The van der Waals surface area contributed by atoms with Gasteiger partial charge in [0.05, 0.1) is 12.1 Å². The molecule has 0 bridgehead atoms. The standard InChI is InChI=1S/C13H14ClNO3S2/c1-9-6-12(18-2)11(14)7-10(9)8-15-20(16,17)13-4-3-5-19-13/h3-7,15H,8H2,1-2H3. The maximum atomic E-state index is 12.0. The molecular weight excluding hydrogens is 318 g/mol. The van der Waals surface area contributed by atoms with Crippen LogP contribution in [-0.4, -0.2) is 15.5 Å². The van der Waals surface area contributed by atoms with Gasteiger partial charge in [-0.05, 0) is 41.6 Å². The van der Waals surface area contributed by atoms with Gasteiger partial charge in [0.15, 0.2) is 0 Å². The molecule has 0 atom stereocenters. The summed E-state index contributed by atoms with van der Waals surface area (Å²) in [7, 11) is -1.92. The van der Waals surface area contributed by atoms with Crippen LogP contribution < -0.4 is 9.46 Å². The van der Waals surface area contributed by atoms with E-state index in [4.69, 9.17) is 16.3 Å². The van der Waals surface area contributed by atoms with Gasteiger partial charge in [0, 0.05) is 6.54 Å². The van der Waals surface area contributed by atoms with E-state index in [0.29, 0.717) is 15.0 Å². The summed E-state index contributed by atoms with van der Waals surface area (Å²) in [5.41, 5.74) is 1.73. The first kappa shape index (κ1) is 15.3. The average Bonchev–Trinajstić information content (AvgIpc) is 2.94. The highest BCUT2D eigenvalue weighted by Crippen LogP contribution is 2.28. The molecule has 0 aliphatic heterocycles. The van der Waals surface area contributed by atoms with E-state index in [1.807, 2.05) is 6.92 Å². The average molecular weight is 332 g/mol. The fraction of sp³-hybridized carbons (Fsp3) is 0.231. The van der Waals surface area contributed by atoms with Gasteiger partial charge in [0.1, 0.15) is 9.96 Å². The van der Waals surface area contributed by atoms with Crippen molar-refractivity contribution in [3.05, 3.63) is 45.8 Å². The molecule has 0 unspecified atom stereocenters. The van der Waals surface area contributed by atoms with Gasteiger partial charge in [-0.1, -0.05) is 17.7 Å². The summed E-state index contributed by atoms with van der Waals surface area (Å²) < 4.78 is 32.0. The molecule has 0 radical (unpaired) electrons. The molecule has 0 aliphatic rings. The van der Waals surface area contributed by atoms with Crippen LogP contribution in [0.15, 0.2) is 33.9 Å². The summed E-state index contributed by atoms with van der Waals surface area (Å²) in [6.07, 6.45) is 0. The van der Waals surface area contributed by atoms with E-state index in [1.54, 1.807) is 36.8 Å². The highest BCUT2D eigenvalue weighted by molar-refractivity contribution is 7.91. The van der Waals surface area contributed by atoms with E-state index in [-0.39, 0.29) is 6.54 Å². The van der Waals surface area contributed by atoms with Crippen molar-refractivity contribution in [2.75, 3.05) is 7.11 Å². The molecule has 0 amide bonds.